The predicted molar refractivity (Wildman–Crippen MR) is 147 cm³/mol. The first-order valence-corrected chi connectivity index (χ1v) is 13.5. The summed E-state index contributed by atoms with van der Waals surface area (Å²) < 4.78 is 6.85. The molecule has 39 heavy (non-hydrogen) atoms. The zero-order valence-corrected chi connectivity index (χ0v) is 23.0. The van der Waals surface area contributed by atoms with Gasteiger partial charge in [-0.25, -0.2) is 9.78 Å². The van der Waals surface area contributed by atoms with Crippen LogP contribution >= 0.6 is 0 Å². The third-order valence-electron chi connectivity index (χ3n) is 8.67. The maximum absolute atomic E-state index is 13.6. The van der Waals surface area contributed by atoms with Gasteiger partial charge in [-0.1, -0.05) is 25.1 Å². The van der Waals surface area contributed by atoms with Gasteiger partial charge in [0.25, 0.3) is 5.56 Å². The van der Waals surface area contributed by atoms with Crippen molar-refractivity contribution in [1.82, 2.24) is 14.6 Å². The molecule has 0 aliphatic carbocycles. The molecule has 204 valence electrons. The number of aromatic nitrogens is 2. The molecule has 0 unspecified atom stereocenters. The van der Waals surface area contributed by atoms with Gasteiger partial charge in [-0.15, -0.1) is 0 Å². The highest BCUT2D eigenvalue weighted by molar-refractivity contribution is 6.02. The highest BCUT2D eigenvalue weighted by Gasteiger charge is 2.46. The predicted octanol–water partition coefficient (Wildman–Crippen LogP) is 3.91. The number of cyclic esters (lactones) is 1. The number of benzene rings is 1. The fourth-order valence-corrected chi connectivity index (χ4v) is 6.71. The van der Waals surface area contributed by atoms with Gasteiger partial charge in [-0.2, -0.15) is 5.06 Å². The van der Waals surface area contributed by atoms with Crippen LogP contribution in [0.5, 0.6) is 0 Å². The zero-order valence-electron chi connectivity index (χ0n) is 23.0. The van der Waals surface area contributed by atoms with Crippen molar-refractivity contribution in [3.05, 3.63) is 62.9 Å². The summed E-state index contributed by atoms with van der Waals surface area (Å²) in [5.41, 5.74) is 1.37. The number of hydrogen-bond donors (Lipinski definition) is 2. The lowest BCUT2D eigenvalue weighted by atomic mass is 9.79. The lowest BCUT2D eigenvalue weighted by Crippen LogP contribution is -2.59. The molecule has 1 aromatic carbocycles. The molecule has 5 heterocycles. The van der Waals surface area contributed by atoms with E-state index in [1.807, 2.05) is 58.2 Å². The fraction of sp³-hybridized carbons (Fsp3) is 0.467. The van der Waals surface area contributed by atoms with Crippen LogP contribution in [0, 0.1) is 0 Å². The number of piperidine rings is 1. The second-order valence-electron chi connectivity index (χ2n) is 12.2. The third kappa shape index (κ3) is 3.78. The molecule has 1 saturated heterocycles. The minimum Gasteiger partial charge on any atom is -0.458 e. The Kier molecular flexibility index (Phi) is 5.67. The number of carbonyl (C=O) groups is 1. The van der Waals surface area contributed by atoms with Crippen LogP contribution in [0.15, 0.2) is 40.1 Å². The number of hydroxylamine groups is 2. The van der Waals surface area contributed by atoms with Crippen LogP contribution in [0.4, 0.5) is 0 Å². The smallest absolute Gasteiger partial charge is 0.343 e. The van der Waals surface area contributed by atoms with Crippen molar-refractivity contribution in [2.75, 3.05) is 0 Å². The second kappa shape index (κ2) is 8.55. The number of ether oxygens (including phenoxy) is 1. The summed E-state index contributed by atoms with van der Waals surface area (Å²) >= 11 is 0. The number of fused-ring (bicyclic) bond motifs is 5. The van der Waals surface area contributed by atoms with E-state index >= 15 is 0 Å². The van der Waals surface area contributed by atoms with Gasteiger partial charge < -0.3 is 19.6 Å². The lowest BCUT2D eigenvalue weighted by molar-refractivity contribution is -0.244. The van der Waals surface area contributed by atoms with Gasteiger partial charge in [0.1, 0.15) is 6.61 Å². The standard InChI is InChI=1S/C30H34N4O5/c1-6-30(37)22-11-24-25-20(15-33(24)26(35)21(22)16-39-27(30)36)19(18-9-7-8-10-23(18)32-25)14-31-17-12-28(2,3)34(38)29(4,5)13-17/h7-11,14,17,37-38H,6,12-13,15-16H2,1-5H3/t30-/m0/s1. The quantitative estimate of drug-likeness (QED) is 0.305. The largest absolute Gasteiger partial charge is 0.458 e. The van der Waals surface area contributed by atoms with E-state index in [9.17, 15) is 19.9 Å². The Labute approximate surface area is 226 Å². The molecule has 0 radical (unpaired) electrons. The van der Waals surface area contributed by atoms with Gasteiger partial charge in [0.15, 0.2) is 5.60 Å². The average molecular weight is 531 g/mol. The van der Waals surface area contributed by atoms with Gasteiger partial charge >= 0.3 is 5.97 Å². The number of carbonyl (C=O) groups excluding carboxylic acids is 1. The molecule has 3 aromatic rings. The second-order valence-corrected chi connectivity index (χ2v) is 12.2. The van der Waals surface area contributed by atoms with Crippen LogP contribution in [0.2, 0.25) is 0 Å². The van der Waals surface area contributed by atoms with Crippen molar-refractivity contribution in [3.63, 3.8) is 0 Å². The van der Waals surface area contributed by atoms with Gasteiger partial charge in [0.05, 0.1) is 35.1 Å². The molecule has 0 amide bonds. The number of esters is 1. The van der Waals surface area contributed by atoms with Crippen LogP contribution in [0.3, 0.4) is 0 Å². The topological polar surface area (TPSA) is 117 Å². The Morgan fingerprint density at radius 3 is 2.51 bits per heavy atom. The van der Waals surface area contributed by atoms with Crippen LogP contribution in [0.1, 0.15) is 76.1 Å². The minimum absolute atomic E-state index is 0.00233. The van der Waals surface area contributed by atoms with Crippen molar-refractivity contribution in [1.29, 1.82) is 0 Å². The molecule has 0 spiro atoms. The van der Waals surface area contributed by atoms with E-state index in [1.54, 1.807) is 17.6 Å². The summed E-state index contributed by atoms with van der Waals surface area (Å²) in [6.45, 7) is 9.92. The van der Waals surface area contributed by atoms with Crippen molar-refractivity contribution in [2.24, 2.45) is 4.99 Å². The fourth-order valence-electron chi connectivity index (χ4n) is 6.71. The number of pyridine rings is 2. The minimum atomic E-state index is -1.87. The maximum Gasteiger partial charge on any atom is 0.343 e. The van der Waals surface area contributed by atoms with Crippen LogP contribution < -0.4 is 5.56 Å². The summed E-state index contributed by atoms with van der Waals surface area (Å²) in [6, 6.07) is 9.56. The highest BCUT2D eigenvalue weighted by Crippen LogP contribution is 2.41. The van der Waals surface area contributed by atoms with Crippen molar-refractivity contribution in [2.45, 2.75) is 89.8 Å². The number of nitrogens with zero attached hydrogens (tertiary/aromatic N) is 4. The first-order chi connectivity index (χ1) is 18.4. The molecular formula is C30H34N4O5. The number of rotatable bonds is 3. The Morgan fingerprint density at radius 2 is 1.82 bits per heavy atom. The lowest BCUT2D eigenvalue weighted by Gasteiger charge is -2.50. The average Bonchev–Trinajstić information content (AvgIpc) is 3.26. The molecular weight excluding hydrogens is 496 g/mol. The molecule has 9 heteroatoms. The zero-order chi connectivity index (χ0) is 27.9. The highest BCUT2D eigenvalue weighted by atomic mass is 16.6. The molecule has 2 N–H and O–H groups in total. The molecule has 6 rings (SSSR count). The first kappa shape index (κ1) is 25.9. The van der Waals surface area contributed by atoms with Crippen molar-refractivity contribution in [3.8, 4) is 11.4 Å². The SMILES string of the molecule is CC[C@@]1(O)C(=O)OCc2c1cc1n(c2=O)Cc2c-1nc1ccccc1c2C=NC1CC(C)(C)N(O)C(C)(C)C1. The Bertz CT molecular complexity index is 1600. The van der Waals surface area contributed by atoms with E-state index < -0.39 is 22.6 Å². The Morgan fingerprint density at radius 1 is 1.13 bits per heavy atom. The summed E-state index contributed by atoms with van der Waals surface area (Å²) in [4.78, 5) is 36.1. The van der Waals surface area contributed by atoms with E-state index in [2.05, 4.69) is 0 Å². The number of aliphatic imine (C=N–C) groups is 1. The monoisotopic (exact) mass is 530 g/mol. The van der Waals surface area contributed by atoms with Crippen LogP contribution in [-0.2, 0) is 28.3 Å². The van der Waals surface area contributed by atoms with E-state index in [1.165, 1.54) is 5.06 Å². The molecule has 0 saturated carbocycles. The van der Waals surface area contributed by atoms with Crippen molar-refractivity contribution >= 4 is 23.1 Å². The molecule has 1 fully saturated rings. The number of hydrogen-bond acceptors (Lipinski definition) is 8. The molecule has 9 nitrogen and oxygen atoms in total. The van der Waals surface area contributed by atoms with E-state index in [0.717, 1.165) is 22.0 Å². The molecule has 3 aliphatic heterocycles. The van der Waals surface area contributed by atoms with E-state index in [-0.39, 0.29) is 24.6 Å². The van der Waals surface area contributed by atoms with Gasteiger partial charge in [0.2, 0.25) is 0 Å². The van der Waals surface area contributed by atoms with Crippen LogP contribution in [0.25, 0.3) is 22.3 Å². The number of aliphatic hydroxyl groups is 1. The summed E-state index contributed by atoms with van der Waals surface area (Å²) in [5, 5.41) is 24.3. The van der Waals surface area contributed by atoms with E-state index in [0.29, 0.717) is 41.9 Å². The van der Waals surface area contributed by atoms with E-state index in [4.69, 9.17) is 14.7 Å². The third-order valence-corrected chi connectivity index (χ3v) is 8.67. The Hall–Kier alpha value is -3.40. The summed E-state index contributed by atoms with van der Waals surface area (Å²) in [5.74, 6) is -0.737. The van der Waals surface area contributed by atoms with Gasteiger partial charge in [-0.3, -0.25) is 9.79 Å². The van der Waals surface area contributed by atoms with Crippen molar-refractivity contribution < 1.29 is 19.8 Å². The van der Waals surface area contributed by atoms with Gasteiger partial charge in [0, 0.05) is 39.4 Å². The maximum atomic E-state index is 13.6. The Balaban J connectivity index is 1.51. The van der Waals surface area contributed by atoms with Crippen LogP contribution in [-0.4, -0.2) is 54.2 Å². The molecule has 1 atom stereocenters. The summed E-state index contributed by atoms with van der Waals surface area (Å²) in [6.07, 6.45) is 3.39. The summed E-state index contributed by atoms with van der Waals surface area (Å²) in [7, 11) is 0. The normalized spacial score (nSPS) is 24.0. The van der Waals surface area contributed by atoms with Gasteiger partial charge in [-0.05, 0) is 59.1 Å². The molecule has 3 aliphatic rings. The molecule has 2 aromatic heterocycles. The number of para-hydroxylation sites is 1. The first-order valence-electron chi connectivity index (χ1n) is 13.5. The molecule has 0 bridgehead atoms.